The molecule has 1 aliphatic rings. The van der Waals surface area contributed by atoms with E-state index >= 15 is 0 Å². The monoisotopic (exact) mass is 331 g/mol. The van der Waals surface area contributed by atoms with Crippen LogP contribution in [0, 0.1) is 5.82 Å². The Bertz CT molecular complexity index is 661. The Morgan fingerprint density at radius 2 is 2.17 bits per heavy atom. The van der Waals surface area contributed by atoms with E-state index < -0.39 is 0 Å². The lowest BCUT2D eigenvalue weighted by Crippen LogP contribution is -2.35. The molecule has 2 atom stereocenters. The summed E-state index contributed by atoms with van der Waals surface area (Å²) < 4.78 is 18.9. The van der Waals surface area contributed by atoms with Gasteiger partial charge in [0.05, 0.1) is 12.1 Å². The van der Waals surface area contributed by atoms with E-state index in [1.807, 2.05) is 17.5 Å². The quantitative estimate of drug-likeness (QED) is 0.843. The minimum Gasteiger partial charge on any atom is -0.376 e. The lowest BCUT2D eigenvalue weighted by Gasteiger charge is -2.24. The third-order valence-corrected chi connectivity index (χ3v) is 4.64. The zero-order chi connectivity index (χ0) is 16.1. The number of nitrogens with one attached hydrogen (secondary N) is 1. The Balaban J connectivity index is 1.72. The van der Waals surface area contributed by atoms with Gasteiger partial charge in [-0.25, -0.2) is 4.39 Å². The highest BCUT2D eigenvalue weighted by Gasteiger charge is 2.28. The van der Waals surface area contributed by atoms with E-state index in [2.05, 4.69) is 5.32 Å². The van der Waals surface area contributed by atoms with Crippen LogP contribution in [0.2, 0.25) is 0 Å². The number of hydrogen-bond donors (Lipinski definition) is 1. The van der Waals surface area contributed by atoms with E-state index in [0.29, 0.717) is 6.61 Å². The highest BCUT2D eigenvalue weighted by Crippen LogP contribution is 2.27. The summed E-state index contributed by atoms with van der Waals surface area (Å²) in [5, 5.41) is 4.95. The molecule has 1 N–H and O–H groups in total. The Hall–Kier alpha value is -1.98. The van der Waals surface area contributed by atoms with Crippen LogP contribution < -0.4 is 5.32 Å². The van der Waals surface area contributed by atoms with Gasteiger partial charge < -0.3 is 10.1 Å². The topological polar surface area (TPSA) is 38.3 Å². The van der Waals surface area contributed by atoms with Gasteiger partial charge in [-0.05, 0) is 48.1 Å². The van der Waals surface area contributed by atoms with Gasteiger partial charge in [-0.3, -0.25) is 4.79 Å². The molecule has 0 aliphatic carbocycles. The van der Waals surface area contributed by atoms with Crippen molar-refractivity contribution in [2.24, 2.45) is 0 Å². The van der Waals surface area contributed by atoms with Crippen molar-refractivity contribution in [2.45, 2.75) is 25.0 Å². The van der Waals surface area contributed by atoms with Crippen LogP contribution in [0.1, 0.15) is 29.3 Å². The maximum absolute atomic E-state index is 13.1. The number of hydrogen-bond acceptors (Lipinski definition) is 3. The molecule has 1 aromatic heterocycles. The van der Waals surface area contributed by atoms with Gasteiger partial charge in [0.1, 0.15) is 5.82 Å². The summed E-state index contributed by atoms with van der Waals surface area (Å²) >= 11 is 1.57. The summed E-state index contributed by atoms with van der Waals surface area (Å²) in [6.45, 7) is 0.698. The van der Waals surface area contributed by atoms with E-state index in [-0.39, 0.29) is 23.9 Å². The number of amides is 1. The maximum Gasteiger partial charge on any atom is 0.244 e. The lowest BCUT2D eigenvalue weighted by molar-refractivity contribution is -0.118. The fourth-order valence-electron chi connectivity index (χ4n) is 2.67. The van der Waals surface area contributed by atoms with E-state index in [4.69, 9.17) is 4.74 Å². The number of carbonyl (C=O) groups excluding carboxylic acids is 1. The van der Waals surface area contributed by atoms with Crippen LogP contribution in [0.15, 0.2) is 47.9 Å². The summed E-state index contributed by atoms with van der Waals surface area (Å²) in [5.41, 5.74) is 0.858. The number of benzene rings is 1. The second kappa shape index (κ2) is 7.53. The van der Waals surface area contributed by atoms with Crippen molar-refractivity contribution in [1.29, 1.82) is 0 Å². The molecule has 3 rings (SSSR count). The average Bonchev–Trinajstić information content (AvgIpc) is 3.25. The maximum atomic E-state index is 13.1. The molecule has 0 radical (unpaired) electrons. The molecule has 1 aromatic carbocycles. The second-order valence-corrected chi connectivity index (χ2v) is 6.42. The fraction of sp³-hybridized carbons (Fsp3) is 0.278. The van der Waals surface area contributed by atoms with Crippen molar-refractivity contribution in [3.05, 3.63) is 64.1 Å². The zero-order valence-electron chi connectivity index (χ0n) is 12.6. The van der Waals surface area contributed by atoms with E-state index in [9.17, 15) is 9.18 Å². The van der Waals surface area contributed by atoms with Gasteiger partial charge in [0.15, 0.2) is 0 Å². The lowest BCUT2D eigenvalue weighted by atomic mass is 9.99. The molecule has 2 heterocycles. The zero-order valence-corrected chi connectivity index (χ0v) is 13.4. The Labute approximate surface area is 138 Å². The highest BCUT2D eigenvalue weighted by atomic mass is 32.1. The van der Waals surface area contributed by atoms with Gasteiger partial charge in [-0.2, -0.15) is 0 Å². The van der Waals surface area contributed by atoms with Crippen molar-refractivity contribution in [3.63, 3.8) is 0 Å². The van der Waals surface area contributed by atoms with E-state index in [1.54, 1.807) is 29.5 Å². The van der Waals surface area contributed by atoms with Crippen LogP contribution in [0.4, 0.5) is 4.39 Å². The van der Waals surface area contributed by atoms with Gasteiger partial charge >= 0.3 is 0 Å². The number of carbonyl (C=O) groups is 1. The summed E-state index contributed by atoms with van der Waals surface area (Å²) in [6, 6.07) is 9.84. The predicted octanol–water partition coefficient (Wildman–Crippen LogP) is 3.94. The predicted molar refractivity (Wildman–Crippen MR) is 89.6 cm³/mol. The van der Waals surface area contributed by atoms with Gasteiger partial charge in [0, 0.05) is 17.6 Å². The first-order valence-corrected chi connectivity index (χ1v) is 8.49. The van der Waals surface area contributed by atoms with Crippen molar-refractivity contribution in [2.75, 3.05) is 6.61 Å². The largest absolute Gasteiger partial charge is 0.376 e. The SMILES string of the molecule is O=C(C=Cc1cccs1)NC(c1ccc(F)cc1)C1CCCO1. The van der Waals surface area contributed by atoms with Gasteiger partial charge in [0.25, 0.3) is 0 Å². The molecule has 3 nitrogen and oxygen atoms in total. The molecule has 1 aliphatic heterocycles. The molecular formula is C18H18FNO2S. The van der Waals surface area contributed by atoms with Gasteiger partial charge in [-0.1, -0.05) is 18.2 Å². The van der Waals surface area contributed by atoms with Crippen molar-refractivity contribution < 1.29 is 13.9 Å². The van der Waals surface area contributed by atoms with Crippen LogP contribution in [0.3, 0.4) is 0 Å². The standard InChI is InChI=1S/C18H18FNO2S/c19-14-7-5-13(6-8-14)18(16-4-1-11-22-16)20-17(21)10-9-15-3-2-12-23-15/h2-3,5-10,12,16,18H,1,4,11H2,(H,20,21). The van der Waals surface area contributed by atoms with Crippen LogP contribution in [-0.4, -0.2) is 18.6 Å². The second-order valence-electron chi connectivity index (χ2n) is 5.44. The molecular weight excluding hydrogens is 313 g/mol. The molecule has 0 spiro atoms. The van der Waals surface area contributed by atoms with Crippen molar-refractivity contribution >= 4 is 23.3 Å². The Morgan fingerprint density at radius 1 is 1.35 bits per heavy atom. The van der Waals surface area contributed by atoms with Gasteiger partial charge in [-0.15, -0.1) is 11.3 Å². The smallest absolute Gasteiger partial charge is 0.244 e. The third-order valence-electron chi connectivity index (χ3n) is 3.81. The van der Waals surface area contributed by atoms with Crippen molar-refractivity contribution in [3.8, 4) is 0 Å². The third kappa shape index (κ3) is 4.27. The molecule has 120 valence electrons. The molecule has 23 heavy (non-hydrogen) atoms. The molecule has 0 bridgehead atoms. The van der Waals surface area contributed by atoms with Crippen LogP contribution in [0.25, 0.3) is 6.08 Å². The van der Waals surface area contributed by atoms with Crippen molar-refractivity contribution in [1.82, 2.24) is 5.32 Å². The molecule has 0 saturated carbocycles. The summed E-state index contributed by atoms with van der Waals surface area (Å²) in [6.07, 6.45) is 5.11. The first-order valence-electron chi connectivity index (χ1n) is 7.61. The fourth-order valence-corrected chi connectivity index (χ4v) is 3.29. The summed E-state index contributed by atoms with van der Waals surface area (Å²) in [5.74, 6) is -0.466. The molecule has 2 aromatic rings. The first-order chi connectivity index (χ1) is 11.2. The molecule has 5 heteroatoms. The number of rotatable bonds is 5. The summed E-state index contributed by atoms with van der Waals surface area (Å²) in [4.78, 5) is 13.2. The summed E-state index contributed by atoms with van der Waals surface area (Å²) in [7, 11) is 0. The first kappa shape index (κ1) is 15.9. The molecule has 2 unspecified atom stereocenters. The minimum atomic E-state index is -0.288. The molecule has 1 saturated heterocycles. The van der Waals surface area contributed by atoms with Gasteiger partial charge in [0.2, 0.25) is 5.91 Å². The Morgan fingerprint density at radius 3 is 2.83 bits per heavy atom. The average molecular weight is 331 g/mol. The van der Waals surface area contributed by atoms with E-state index in [0.717, 1.165) is 23.3 Å². The minimum absolute atomic E-state index is 0.0699. The van der Waals surface area contributed by atoms with E-state index in [1.165, 1.54) is 18.2 Å². The normalized spacial score (nSPS) is 19.1. The number of thiophene rings is 1. The highest BCUT2D eigenvalue weighted by molar-refractivity contribution is 7.10. The van der Waals surface area contributed by atoms with Crippen LogP contribution in [-0.2, 0) is 9.53 Å². The molecule has 1 fully saturated rings. The van der Waals surface area contributed by atoms with Crippen LogP contribution >= 0.6 is 11.3 Å². The number of halogens is 1. The number of ether oxygens (including phenoxy) is 1. The van der Waals surface area contributed by atoms with Crippen LogP contribution in [0.5, 0.6) is 0 Å². The molecule has 1 amide bonds. The Kier molecular flexibility index (Phi) is 5.20.